The summed E-state index contributed by atoms with van der Waals surface area (Å²) in [5.41, 5.74) is 5.95. The maximum Gasteiger partial charge on any atom is 0.276 e. The molecule has 0 aliphatic carbocycles. The maximum absolute atomic E-state index is 11.9. The maximum atomic E-state index is 11.9. The summed E-state index contributed by atoms with van der Waals surface area (Å²) in [5, 5.41) is 2.34. The van der Waals surface area contributed by atoms with Crippen LogP contribution in [0.1, 0.15) is 32.1 Å². The molecule has 9 heteroatoms. The topological polar surface area (TPSA) is 92.6 Å². The van der Waals surface area contributed by atoms with Gasteiger partial charge in [0.2, 0.25) is 5.91 Å². The van der Waals surface area contributed by atoms with E-state index in [9.17, 15) is 9.59 Å². The highest BCUT2D eigenvalue weighted by Gasteiger charge is 2.15. The number of carbonyl (C=O) groups excluding carboxylic acids is 2. The van der Waals surface area contributed by atoms with E-state index in [2.05, 4.69) is 52.9 Å². The number of carbonyl (C=O) groups is 2. The first kappa shape index (κ1) is 22.6. The van der Waals surface area contributed by atoms with Gasteiger partial charge in [-0.15, -0.1) is 0 Å². The molecule has 2 rings (SSSR count). The van der Waals surface area contributed by atoms with Gasteiger partial charge in [-0.25, -0.2) is 0 Å². The number of halogens is 1. The van der Waals surface area contributed by atoms with Gasteiger partial charge in [0.05, 0.1) is 10.7 Å². The van der Waals surface area contributed by atoms with E-state index in [-0.39, 0.29) is 17.1 Å². The number of benzene rings is 1. The van der Waals surface area contributed by atoms with Crippen LogP contribution in [0.5, 0.6) is 5.75 Å². The summed E-state index contributed by atoms with van der Waals surface area (Å²) >= 11 is 8.40. The summed E-state index contributed by atoms with van der Waals surface area (Å²) in [7, 11) is 0. The predicted molar refractivity (Wildman–Crippen MR) is 118 cm³/mol. The van der Waals surface area contributed by atoms with E-state index in [1.54, 1.807) is 12.1 Å². The summed E-state index contributed by atoms with van der Waals surface area (Å²) < 4.78 is 11.3. The quantitative estimate of drug-likeness (QED) is 0.345. The van der Waals surface area contributed by atoms with Crippen LogP contribution in [0.3, 0.4) is 0 Å². The Morgan fingerprint density at radius 3 is 2.62 bits per heavy atom. The number of hydrogen-bond donors (Lipinski definition) is 3. The lowest BCUT2D eigenvalue weighted by atomic mass is 9.87. The molecule has 29 heavy (non-hydrogen) atoms. The molecule has 0 radical (unpaired) electrons. The number of furan rings is 1. The van der Waals surface area contributed by atoms with Crippen LogP contribution in [0.25, 0.3) is 6.08 Å². The fourth-order valence-corrected chi connectivity index (χ4v) is 2.76. The number of ether oxygens (including phenoxy) is 1. The van der Waals surface area contributed by atoms with Crippen molar-refractivity contribution < 1.29 is 18.7 Å². The predicted octanol–water partition coefficient (Wildman–Crippen LogP) is 3.45. The lowest BCUT2D eigenvalue weighted by molar-refractivity contribution is -0.123. The molecule has 2 amide bonds. The van der Waals surface area contributed by atoms with E-state index in [0.29, 0.717) is 11.5 Å². The largest absolute Gasteiger partial charge is 0.483 e. The molecule has 0 bridgehead atoms. The minimum absolute atomic E-state index is 0.00954. The summed E-state index contributed by atoms with van der Waals surface area (Å²) in [5.74, 6) is 0.157. The third-order valence-corrected chi connectivity index (χ3v) is 4.47. The van der Waals surface area contributed by atoms with Gasteiger partial charge in [-0.1, -0.05) is 26.8 Å². The van der Waals surface area contributed by atoms with Crippen molar-refractivity contribution in [2.45, 2.75) is 26.2 Å². The molecule has 0 atom stereocenters. The van der Waals surface area contributed by atoms with Gasteiger partial charge in [0.1, 0.15) is 11.5 Å². The second-order valence-electron chi connectivity index (χ2n) is 7.02. The molecule has 0 unspecified atom stereocenters. The van der Waals surface area contributed by atoms with E-state index < -0.39 is 11.8 Å². The standard InChI is InChI=1S/C20H22BrN3O4S/c1-20(2,3)13-6-8-16(15(21)11-13)28-12-18(26)23-24-19(29)22-17(25)9-7-14-5-4-10-27-14/h4-11H,12H2,1-3H3,(H,23,26)(H2,22,24,25,29). The van der Waals surface area contributed by atoms with E-state index in [0.717, 1.165) is 10.0 Å². The van der Waals surface area contributed by atoms with Crippen LogP contribution in [-0.4, -0.2) is 23.5 Å². The minimum atomic E-state index is -0.465. The van der Waals surface area contributed by atoms with E-state index in [1.165, 1.54) is 18.4 Å². The van der Waals surface area contributed by atoms with Gasteiger partial charge < -0.3 is 9.15 Å². The molecule has 0 spiro atoms. The van der Waals surface area contributed by atoms with Crippen LogP contribution in [0.15, 0.2) is 51.6 Å². The Balaban J connectivity index is 1.74. The van der Waals surface area contributed by atoms with Gasteiger partial charge in [0, 0.05) is 6.08 Å². The summed E-state index contributed by atoms with van der Waals surface area (Å²) in [6, 6.07) is 9.14. The highest BCUT2D eigenvalue weighted by molar-refractivity contribution is 9.10. The lowest BCUT2D eigenvalue weighted by Gasteiger charge is -2.20. The SMILES string of the molecule is CC(C)(C)c1ccc(OCC(=O)NNC(=S)NC(=O)C=Cc2ccco2)c(Br)c1. The van der Waals surface area contributed by atoms with Crippen molar-refractivity contribution in [1.82, 2.24) is 16.2 Å². The molecule has 0 saturated carbocycles. The Labute approximate surface area is 183 Å². The normalized spacial score (nSPS) is 11.2. The molecule has 0 saturated heterocycles. The van der Waals surface area contributed by atoms with E-state index >= 15 is 0 Å². The Bertz CT molecular complexity index is 905. The zero-order chi connectivity index (χ0) is 21.4. The average Bonchev–Trinajstić information content (AvgIpc) is 3.16. The third kappa shape index (κ3) is 7.71. The first-order valence-corrected chi connectivity index (χ1v) is 9.89. The third-order valence-electron chi connectivity index (χ3n) is 3.65. The molecular formula is C20H22BrN3O4S. The lowest BCUT2D eigenvalue weighted by Crippen LogP contribution is -2.49. The molecule has 0 aliphatic rings. The van der Waals surface area contributed by atoms with E-state index in [4.69, 9.17) is 21.4 Å². The zero-order valence-electron chi connectivity index (χ0n) is 16.2. The number of rotatable bonds is 5. The fraction of sp³-hybridized carbons (Fsp3) is 0.250. The number of hydrazine groups is 1. The van der Waals surface area contributed by atoms with Crippen LogP contribution in [0.4, 0.5) is 0 Å². The van der Waals surface area contributed by atoms with Gasteiger partial charge in [-0.2, -0.15) is 0 Å². The number of hydrogen-bond acceptors (Lipinski definition) is 5. The zero-order valence-corrected chi connectivity index (χ0v) is 18.6. The average molecular weight is 480 g/mol. The molecule has 1 aromatic heterocycles. The van der Waals surface area contributed by atoms with Crippen LogP contribution < -0.4 is 20.9 Å². The molecule has 1 heterocycles. The molecule has 0 aliphatic heterocycles. The van der Waals surface area contributed by atoms with Crippen molar-refractivity contribution in [2.75, 3.05) is 6.61 Å². The van der Waals surface area contributed by atoms with Crippen molar-refractivity contribution in [1.29, 1.82) is 0 Å². The highest BCUT2D eigenvalue weighted by Crippen LogP contribution is 2.31. The van der Waals surface area contributed by atoms with Crippen molar-refractivity contribution in [3.8, 4) is 5.75 Å². The van der Waals surface area contributed by atoms with Crippen LogP contribution in [0.2, 0.25) is 0 Å². The second kappa shape index (κ2) is 10.2. The van der Waals surface area contributed by atoms with Gasteiger partial charge in [0.25, 0.3) is 5.91 Å². The first-order chi connectivity index (χ1) is 13.6. The summed E-state index contributed by atoms with van der Waals surface area (Å²) in [6.45, 7) is 6.12. The number of thiocarbonyl (C=S) groups is 1. The van der Waals surface area contributed by atoms with Crippen molar-refractivity contribution in [3.63, 3.8) is 0 Å². The smallest absolute Gasteiger partial charge is 0.276 e. The van der Waals surface area contributed by atoms with Crippen molar-refractivity contribution in [2.24, 2.45) is 0 Å². The first-order valence-electron chi connectivity index (χ1n) is 8.69. The summed E-state index contributed by atoms with van der Waals surface area (Å²) in [6.07, 6.45) is 4.25. The molecule has 0 fully saturated rings. The van der Waals surface area contributed by atoms with Gasteiger partial charge in [-0.3, -0.25) is 25.8 Å². The van der Waals surface area contributed by atoms with Crippen molar-refractivity contribution >= 4 is 51.2 Å². The molecule has 2 aromatic rings. The Morgan fingerprint density at radius 1 is 1.24 bits per heavy atom. The van der Waals surface area contributed by atoms with Crippen LogP contribution in [-0.2, 0) is 15.0 Å². The Kier molecular flexibility index (Phi) is 7.98. The Hall–Kier alpha value is -2.65. The number of amides is 2. The Morgan fingerprint density at radius 2 is 2.00 bits per heavy atom. The van der Waals surface area contributed by atoms with E-state index in [1.807, 2.05) is 18.2 Å². The monoisotopic (exact) mass is 479 g/mol. The summed E-state index contributed by atoms with van der Waals surface area (Å²) in [4.78, 5) is 23.6. The molecule has 1 aromatic carbocycles. The highest BCUT2D eigenvalue weighted by atomic mass is 79.9. The molecule has 3 N–H and O–H groups in total. The second-order valence-corrected chi connectivity index (χ2v) is 8.29. The fourth-order valence-electron chi connectivity index (χ4n) is 2.12. The van der Waals surface area contributed by atoms with Crippen molar-refractivity contribution in [3.05, 3.63) is 58.5 Å². The molecular weight excluding hydrogens is 458 g/mol. The molecule has 7 nitrogen and oxygen atoms in total. The number of nitrogens with one attached hydrogen (secondary N) is 3. The van der Waals surface area contributed by atoms with Gasteiger partial charge in [0.15, 0.2) is 11.7 Å². The van der Waals surface area contributed by atoms with Gasteiger partial charge >= 0.3 is 0 Å². The van der Waals surface area contributed by atoms with Gasteiger partial charge in [-0.05, 0) is 69.5 Å². The van der Waals surface area contributed by atoms with Crippen LogP contribution in [0, 0.1) is 0 Å². The molecule has 154 valence electrons. The van der Waals surface area contributed by atoms with Crippen LogP contribution >= 0.6 is 28.1 Å². The minimum Gasteiger partial charge on any atom is -0.483 e.